The molecule has 0 radical (unpaired) electrons. The fourth-order valence-electron chi connectivity index (χ4n) is 3.48. The van der Waals surface area contributed by atoms with E-state index in [0.29, 0.717) is 22.8 Å². The molecule has 1 aromatic carbocycles. The zero-order chi connectivity index (χ0) is 24.7. The standard InChI is InChI=1S/C23H26Cl2FN5O3/c1-14(21-17(24)7-8-18(26)22(21)25)34-19-10-15(11-28-23(19)27)16-12-29-31(13-16)9-5-3-2-4-6-20(32)30-33/h7-8,10-14,33H,2-6,9H2,1H3,(H2,27,28)(H,30,32). The molecule has 8 nitrogen and oxygen atoms in total. The van der Waals surface area contributed by atoms with Gasteiger partial charge in [-0.15, -0.1) is 0 Å². The zero-order valence-corrected chi connectivity index (χ0v) is 20.1. The minimum absolute atomic E-state index is 0.0966. The highest BCUT2D eigenvalue weighted by Crippen LogP contribution is 2.36. The van der Waals surface area contributed by atoms with Crippen LogP contribution in [0, 0.1) is 5.82 Å². The van der Waals surface area contributed by atoms with Crippen molar-refractivity contribution in [2.45, 2.75) is 51.7 Å². The molecule has 0 spiro atoms. The molecule has 34 heavy (non-hydrogen) atoms. The number of ether oxygens (including phenoxy) is 1. The average Bonchev–Trinajstić information content (AvgIpc) is 3.29. The van der Waals surface area contributed by atoms with Gasteiger partial charge in [0.05, 0.1) is 11.2 Å². The Kier molecular flexibility index (Phi) is 9.09. The molecule has 182 valence electrons. The molecule has 3 rings (SSSR count). The van der Waals surface area contributed by atoms with Gasteiger partial charge >= 0.3 is 0 Å². The quantitative estimate of drug-likeness (QED) is 0.135. The molecule has 2 heterocycles. The number of amides is 1. The van der Waals surface area contributed by atoms with Crippen molar-refractivity contribution in [2.75, 3.05) is 5.73 Å². The van der Waals surface area contributed by atoms with Crippen LogP contribution in [-0.2, 0) is 11.3 Å². The monoisotopic (exact) mass is 509 g/mol. The molecule has 0 aliphatic carbocycles. The summed E-state index contributed by atoms with van der Waals surface area (Å²) >= 11 is 12.3. The van der Waals surface area contributed by atoms with Gasteiger partial charge in [0, 0.05) is 47.1 Å². The molecule has 3 aromatic rings. The molecule has 1 unspecified atom stereocenters. The number of hydroxylamine groups is 1. The number of nitrogens with two attached hydrogens (primary N) is 1. The number of nitrogens with one attached hydrogen (secondary N) is 1. The Balaban J connectivity index is 1.63. The Morgan fingerprint density at radius 2 is 2.00 bits per heavy atom. The van der Waals surface area contributed by atoms with Gasteiger partial charge in [-0.3, -0.25) is 14.7 Å². The average molecular weight is 510 g/mol. The summed E-state index contributed by atoms with van der Waals surface area (Å²) in [6.45, 7) is 2.43. The highest BCUT2D eigenvalue weighted by molar-refractivity contribution is 6.36. The van der Waals surface area contributed by atoms with Crippen LogP contribution >= 0.6 is 23.2 Å². The molecule has 0 fully saturated rings. The lowest BCUT2D eigenvalue weighted by Gasteiger charge is -2.19. The minimum Gasteiger partial charge on any atom is -0.482 e. The number of benzene rings is 1. The lowest BCUT2D eigenvalue weighted by molar-refractivity contribution is -0.129. The summed E-state index contributed by atoms with van der Waals surface area (Å²) in [5.41, 5.74) is 9.56. The first-order chi connectivity index (χ1) is 16.3. The van der Waals surface area contributed by atoms with E-state index in [1.807, 2.05) is 10.9 Å². The summed E-state index contributed by atoms with van der Waals surface area (Å²) in [6, 6.07) is 4.37. The number of pyridine rings is 1. The van der Waals surface area contributed by atoms with Crippen molar-refractivity contribution in [3.05, 3.63) is 58.2 Å². The molecular weight excluding hydrogens is 484 g/mol. The topological polar surface area (TPSA) is 115 Å². The second-order valence-electron chi connectivity index (χ2n) is 7.82. The zero-order valence-electron chi connectivity index (χ0n) is 18.6. The van der Waals surface area contributed by atoms with Gasteiger partial charge in [-0.1, -0.05) is 36.0 Å². The first kappa shape index (κ1) is 25.7. The molecule has 2 aromatic heterocycles. The highest BCUT2D eigenvalue weighted by Gasteiger charge is 2.20. The van der Waals surface area contributed by atoms with Gasteiger partial charge in [0.25, 0.3) is 0 Å². The normalized spacial score (nSPS) is 11.9. The number of halogens is 3. The van der Waals surface area contributed by atoms with Crippen molar-refractivity contribution >= 4 is 34.9 Å². The Labute approximate surface area is 206 Å². The summed E-state index contributed by atoms with van der Waals surface area (Å²) in [7, 11) is 0. The van der Waals surface area contributed by atoms with Crippen LogP contribution in [0.2, 0.25) is 10.0 Å². The van der Waals surface area contributed by atoms with Gasteiger partial charge < -0.3 is 10.5 Å². The van der Waals surface area contributed by atoms with Crippen molar-refractivity contribution < 1.29 is 19.1 Å². The van der Waals surface area contributed by atoms with Crippen LogP contribution in [0.15, 0.2) is 36.8 Å². The van der Waals surface area contributed by atoms with Crippen LogP contribution in [0.1, 0.15) is 50.7 Å². The number of nitrogens with zero attached hydrogens (tertiary/aromatic N) is 3. The van der Waals surface area contributed by atoms with Crippen molar-refractivity contribution in [3.63, 3.8) is 0 Å². The van der Waals surface area contributed by atoms with Crippen LogP contribution in [0.5, 0.6) is 5.75 Å². The predicted molar refractivity (Wildman–Crippen MR) is 128 cm³/mol. The predicted octanol–water partition coefficient (Wildman–Crippen LogP) is 5.57. The molecule has 0 saturated heterocycles. The van der Waals surface area contributed by atoms with E-state index in [-0.39, 0.29) is 16.7 Å². The van der Waals surface area contributed by atoms with Gasteiger partial charge in [0.2, 0.25) is 5.91 Å². The fraction of sp³-hybridized carbons (Fsp3) is 0.348. The summed E-state index contributed by atoms with van der Waals surface area (Å²) in [4.78, 5) is 15.2. The number of hydrogen-bond acceptors (Lipinski definition) is 6. The fourth-order valence-corrected chi connectivity index (χ4v) is 4.15. The largest absolute Gasteiger partial charge is 0.482 e. The summed E-state index contributed by atoms with van der Waals surface area (Å²) < 4.78 is 21.7. The molecule has 0 aliphatic heterocycles. The summed E-state index contributed by atoms with van der Waals surface area (Å²) in [5.74, 6) is -0.448. The molecule has 0 aliphatic rings. The van der Waals surface area contributed by atoms with E-state index in [9.17, 15) is 9.18 Å². The van der Waals surface area contributed by atoms with Crippen LogP contribution in [0.3, 0.4) is 0 Å². The Hall–Kier alpha value is -2.88. The van der Waals surface area contributed by atoms with Crippen LogP contribution in [0.25, 0.3) is 11.1 Å². The van der Waals surface area contributed by atoms with Gasteiger partial charge in [0.15, 0.2) is 11.6 Å². The van der Waals surface area contributed by atoms with Gasteiger partial charge in [0.1, 0.15) is 11.9 Å². The number of hydrogen-bond donors (Lipinski definition) is 3. The third kappa shape index (κ3) is 6.59. The van der Waals surface area contributed by atoms with Crippen molar-refractivity contribution in [2.24, 2.45) is 0 Å². The maximum Gasteiger partial charge on any atom is 0.243 e. The number of aryl methyl sites for hydroxylation is 1. The number of carbonyl (C=O) groups is 1. The first-order valence-electron chi connectivity index (χ1n) is 10.8. The van der Waals surface area contributed by atoms with Crippen molar-refractivity contribution in [1.29, 1.82) is 0 Å². The molecule has 1 atom stereocenters. The van der Waals surface area contributed by atoms with Crippen LogP contribution in [-0.4, -0.2) is 25.9 Å². The molecular formula is C23H26Cl2FN5O3. The maximum absolute atomic E-state index is 13.9. The van der Waals surface area contributed by atoms with Gasteiger partial charge in [-0.2, -0.15) is 5.10 Å². The number of anilines is 1. The highest BCUT2D eigenvalue weighted by atomic mass is 35.5. The maximum atomic E-state index is 13.9. The van der Waals surface area contributed by atoms with Crippen LogP contribution in [0.4, 0.5) is 10.2 Å². The van der Waals surface area contributed by atoms with Gasteiger partial charge in [-0.25, -0.2) is 14.9 Å². The molecule has 1 amide bonds. The molecule has 4 N–H and O–H groups in total. The van der Waals surface area contributed by atoms with Crippen molar-refractivity contribution in [3.8, 4) is 16.9 Å². The van der Waals surface area contributed by atoms with E-state index in [1.165, 1.54) is 12.1 Å². The summed E-state index contributed by atoms with van der Waals surface area (Å²) in [6.07, 6.45) is 8.37. The van der Waals surface area contributed by atoms with E-state index in [2.05, 4.69) is 10.1 Å². The number of nitrogen functional groups attached to an aromatic ring is 1. The van der Waals surface area contributed by atoms with E-state index in [4.69, 9.17) is 38.9 Å². The third-order valence-corrected chi connectivity index (χ3v) is 6.02. The first-order valence-corrected chi connectivity index (χ1v) is 11.6. The Morgan fingerprint density at radius 1 is 1.24 bits per heavy atom. The third-order valence-electron chi connectivity index (χ3n) is 5.30. The van der Waals surface area contributed by atoms with Crippen molar-refractivity contribution in [1.82, 2.24) is 20.2 Å². The number of unbranched alkanes of at least 4 members (excludes halogenated alkanes) is 3. The molecule has 0 saturated carbocycles. The van der Waals surface area contributed by atoms with E-state index >= 15 is 0 Å². The number of aromatic nitrogens is 3. The number of rotatable bonds is 11. The van der Waals surface area contributed by atoms with E-state index < -0.39 is 11.9 Å². The number of carbonyl (C=O) groups excluding carboxylic acids is 1. The van der Waals surface area contributed by atoms with Gasteiger partial charge in [-0.05, 0) is 38.0 Å². The van der Waals surface area contributed by atoms with Crippen LogP contribution < -0.4 is 16.0 Å². The minimum atomic E-state index is -0.666. The lowest BCUT2D eigenvalue weighted by Crippen LogP contribution is -2.17. The second kappa shape index (κ2) is 12.0. The second-order valence-corrected chi connectivity index (χ2v) is 8.60. The lowest BCUT2D eigenvalue weighted by atomic mass is 10.1. The summed E-state index contributed by atoms with van der Waals surface area (Å²) in [5, 5.41) is 13.1. The molecule has 0 bridgehead atoms. The van der Waals surface area contributed by atoms with E-state index in [0.717, 1.165) is 43.4 Å². The van der Waals surface area contributed by atoms with E-state index in [1.54, 1.807) is 30.9 Å². The Bertz CT molecular complexity index is 1140. The Morgan fingerprint density at radius 3 is 2.76 bits per heavy atom. The SMILES string of the molecule is CC(Oc1cc(-c2cnn(CCCCCCC(=O)NO)c2)cnc1N)c1c(Cl)ccc(F)c1Cl. The smallest absolute Gasteiger partial charge is 0.243 e. The molecule has 11 heteroatoms.